The Hall–Kier alpha value is -1.47. The topological polar surface area (TPSA) is 87.2 Å². The van der Waals surface area contributed by atoms with Crippen molar-refractivity contribution in [2.45, 2.75) is 24.3 Å². The SMILES string of the molecule is CC(CC(=N)N)N(C)S(=O)(=O)c1ccc(F)cc1. The van der Waals surface area contributed by atoms with Gasteiger partial charge in [-0.3, -0.25) is 5.41 Å². The molecule has 0 saturated heterocycles. The maximum absolute atomic E-state index is 12.8. The van der Waals surface area contributed by atoms with Crippen LogP contribution < -0.4 is 5.73 Å². The minimum atomic E-state index is -3.69. The van der Waals surface area contributed by atoms with E-state index in [1.165, 1.54) is 19.2 Å². The molecule has 100 valence electrons. The quantitative estimate of drug-likeness (QED) is 0.623. The van der Waals surface area contributed by atoms with Gasteiger partial charge in [0.05, 0.1) is 10.7 Å². The van der Waals surface area contributed by atoms with Crippen molar-refractivity contribution in [3.05, 3.63) is 30.1 Å². The summed E-state index contributed by atoms with van der Waals surface area (Å²) in [6.07, 6.45) is 0.150. The average Bonchev–Trinajstić information content (AvgIpc) is 2.27. The molecule has 0 heterocycles. The molecule has 0 saturated carbocycles. The summed E-state index contributed by atoms with van der Waals surface area (Å²) in [6, 6.07) is 4.17. The minimum Gasteiger partial charge on any atom is -0.388 e. The molecule has 7 heteroatoms. The van der Waals surface area contributed by atoms with Crippen LogP contribution in [0.4, 0.5) is 4.39 Å². The van der Waals surface area contributed by atoms with E-state index >= 15 is 0 Å². The van der Waals surface area contributed by atoms with E-state index in [-0.39, 0.29) is 17.2 Å². The Kier molecular flexibility index (Phi) is 4.42. The third-order valence-electron chi connectivity index (χ3n) is 2.63. The highest BCUT2D eigenvalue weighted by Crippen LogP contribution is 2.17. The smallest absolute Gasteiger partial charge is 0.243 e. The monoisotopic (exact) mass is 273 g/mol. The van der Waals surface area contributed by atoms with Gasteiger partial charge < -0.3 is 5.73 Å². The fraction of sp³-hybridized carbons (Fsp3) is 0.364. The summed E-state index contributed by atoms with van der Waals surface area (Å²) < 4.78 is 38.2. The van der Waals surface area contributed by atoms with Gasteiger partial charge in [-0.25, -0.2) is 12.8 Å². The van der Waals surface area contributed by atoms with Crippen molar-refractivity contribution in [3.63, 3.8) is 0 Å². The van der Waals surface area contributed by atoms with Crippen molar-refractivity contribution in [1.82, 2.24) is 4.31 Å². The molecule has 1 aromatic rings. The number of amidine groups is 1. The summed E-state index contributed by atoms with van der Waals surface area (Å²) in [6.45, 7) is 1.66. The highest BCUT2D eigenvalue weighted by atomic mass is 32.2. The van der Waals surface area contributed by atoms with Gasteiger partial charge >= 0.3 is 0 Å². The second kappa shape index (κ2) is 5.45. The van der Waals surface area contributed by atoms with E-state index in [9.17, 15) is 12.8 Å². The van der Waals surface area contributed by atoms with Gasteiger partial charge in [0.15, 0.2) is 0 Å². The molecule has 0 fully saturated rings. The van der Waals surface area contributed by atoms with Crippen LogP contribution in [0.3, 0.4) is 0 Å². The van der Waals surface area contributed by atoms with Crippen LogP contribution in [0.2, 0.25) is 0 Å². The number of nitrogens with zero attached hydrogens (tertiary/aromatic N) is 1. The van der Waals surface area contributed by atoms with Crippen LogP contribution in [0.15, 0.2) is 29.2 Å². The zero-order valence-electron chi connectivity index (χ0n) is 10.2. The maximum atomic E-state index is 12.8. The fourth-order valence-corrected chi connectivity index (χ4v) is 2.82. The van der Waals surface area contributed by atoms with Crippen LogP contribution in [0, 0.1) is 11.2 Å². The normalized spacial score (nSPS) is 13.6. The van der Waals surface area contributed by atoms with Gasteiger partial charge in [0.2, 0.25) is 10.0 Å². The number of sulfonamides is 1. The molecule has 0 amide bonds. The number of rotatable bonds is 5. The van der Waals surface area contributed by atoms with Crippen LogP contribution in [-0.2, 0) is 10.0 Å². The molecule has 1 rings (SSSR count). The zero-order valence-corrected chi connectivity index (χ0v) is 11.0. The van der Waals surface area contributed by atoms with E-state index in [0.717, 1.165) is 16.4 Å². The number of halogens is 1. The lowest BCUT2D eigenvalue weighted by molar-refractivity contribution is 0.395. The molecule has 1 aromatic carbocycles. The first-order valence-corrected chi connectivity index (χ1v) is 6.75. The first kappa shape index (κ1) is 14.6. The molecular weight excluding hydrogens is 257 g/mol. The van der Waals surface area contributed by atoms with Crippen LogP contribution in [0.25, 0.3) is 0 Å². The van der Waals surface area contributed by atoms with Crippen molar-refractivity contribution in [2.24, 2.45) is 5.73 Å². The Morgan fingerprint density at radius 1 is 1.44 bits per heavy atom. The highest BCUT2D eigenvalue weighted by molar-refractivity contribution is 7.89. The van der Waals surface area contributed by atoms with Gasteiger partial charge in [-0.15, -0.1) is 0 Å². The lowest BCUT2D eigenvalue weighted by Gasteiger charge is -2.23. The number of hydrogen-bond acceptors (Lipinski definition) is 3. The van der Waals surface area contributed by atoms with Crippen molar-refractivity contribution < 1.29 is 12.8 Å². The van der Waals surface area contributed by atoms with Crippen molar-refractivity contribution in [2.75, 3.05) is 7.05 Å². The van der Waals surface area contributed by atoms with Crippen LogP contribution in [-0.4, -0.2) is 31.6 Å². The first-order valence-electron chi connectivity index (χ1n) is 5.31. The third kappa shape index (κ3) is 3.27. The van der Waals surface area contributed by atoms with E-state index < -0.39 is 21.9 Å². The molecular formula is C11H16FN3O2S. The summed E-state index contributed by atoms with van der Waals surface area (Å²) in [4.78, 5) is 0.0156. The molecule has 0 spiro atoms. The van der Waals surface area contributed by atoms with Gasteiger partial charge in [-0.05, 0) is 31.2 Å². The molecule has 1 atom stereocenters. The molecule has 0 aliphatic carbocycles. The van der Waals surface area contributed by atoms with E-state index in [0.29, 0.717) is 0 Å². The molecule has 0 aromatic heterocycles. The summed E-state index contributed by atoms with van der Waals surface area (Å²) in [7, 11) is -2.28. The molecule has 0 aliphatic heterocycles. The summed E-state index contributed by atoms with van der Waals surface area (Å²) in [5, 5.41) is 7.16. The Labute approximate surface area is 106 Å². The predicted molar refractivity (Wildman–Crippen MR) is 67.3 cm³/mol. The minimum absolute atomic E-state index is 0.0156. The summed E-state index contributed by atoms with van der Waals surface area (Å²) in [5.74, 6) is -0.572. The molecule has 18 heavy (non-hydrogen) atoms. The van der Waals surface area contributed by atoms with E-state index in [1.54, 1.807) is 6.92 Å². The lowest BCUT2D eigenvalue weighted by Crippen LogP contribution is -2.37. The Morgan fingerprint density at radius 2 is 1.94 bits per heavy atom. The Morgan fingerprint density at radius 3 is 2.39 bits per heavy atom. The maximum Gasteiger partial charge on any atom is 0.243 e. The molecule has 0 bridgehead atoms. The van der Waals surface area contributed by atoms with Crippen LogP contribution >= 0.6 is 0 Å². The highest BCUT2D eigenvalue weighted by Gasteiger charge is 2.25. The summed E-state index contributed by atoms with van der Waals surface area (Å²) in [5.41, 5.74) is 5.25. The first-order chi connectivity index (χ1) is 8.25. The Balaban J connectivity index is 2.99. The third-order valence-corrected chi connectivity index (χ3v) is 4.61. The molecule has 1 unspecified atom stereocenters. The molecule has 0 aliphatic rings. The fourth-order valence-electron chi connectivity index (χ4n) is 1.46. The van der Waals surface area contributed by atoms with E-state index in [4.69, 9.17) is 11.1 Å². The second-order valence-corrected chi connectivity index (χ2v) is 6.05. The summed E-state index contributed by atoms with van der Waals surface area (Å²) >= 11 is 0. The molecule has 0 radical (unpaired) electrons. The van der Waals surface area contributed by atoms with Crippen LogP contribution in [0.5, 0.6) is 0 Å². The molecule has 3 N–H and O–H groups in total. The predicted octanol–water partition coefficient (Wildman–Crippen LogP) is 1.16. The lowest BCUT2D eigenvalue weighted by atomic mass is 10.2. The van der Waals surface area contributed by atoms with Gasteiger partial charge in [-0.1, -0.05) is 0 Å². The standard InChI is InChI=1S/C11H16FN3O2S/c1-8(7-11(13)14)15(2)18(16,17)10-5-3-9(12)4-6-10/h3-6,8H,7H2,1-2H3,(H3,13,14). The van der Waals surface area contributed by atoms with E-state index in [1.807, 2.05) is 0 Å². The number of nitrogens with two attached hydrogens (primary N) is 1. The zero-order chi connectivity index (χ0) is 13.9. The van der Waals surface area contributed by atoms with Crippen molar-refractivity contribution >= 4 is 15.9 Å². The average molecular weight is 273 g/mol. The number of hydrogen-bond donors (Lipinski definition) is 2. The molecule has 5 nitrogen and oxygen atoms in total. The van der Waals surface area contributed by atoms with Gasteiger partial charge in [0, 0.05) is 19.5 Å². The van der Waals surface area contributed by atoms with Crippen molar-refractivity contribution in [1.29, 1.82) is 5.41 Å². The van der Waals surface area contributed by atoms with Crippen molar-refractivity contribution in [3.8, 4) is 0 Å². The van der Waals surface area contributed by atoms with E-state index in [2.05, 4.69) is 0 Å². The largest absolute Gasteiger partial charge is 0.388 e. The second-order valence-electron chi connectivity index (χ2n) is 4.05. The van der Waals surface area contributed by atoms with Crippen LogP contribution in [0.1, 0.15) is 13.3 Å². The number of benzene rings is 1. The van der Waals surface area contributed by atoms with Gasteiger partial charge in [0.25, 0.3) is 0 Å². The number of nitrogens with one attached hydrogen (secondary N) is 1. The van der Waals surface area contributed by atoms with Gasteiger partial charge in [0.1, 0.15) is 5.82 Å². The Bertz CT molecular complexity index is 528. The van der Waals surface area contributed by atoms with Gasteiger partial charge in [-0.2, -0.15) is 4.31 Å².